The van der Waals surface area contributed by atoms with Gasteiger partial charge < -0.3 is 10.8 Å². The van der Waals surface area contributed by atoms with Crippen LogP contribution in [0.5, 0.6) is 0 Å². The Morgan fingerprint density at radius 2 is 1.85 bits per heavy atom. The van der Waals surface area contributed by atoms with Gasteiger partial charge in [-0.1, -0.05) is 43.7 Å². The molecule has 0 saturated heterocycles. The fraction of sp³-hybridized carbons (Fsp3) is 0.455. The van der Waals surface area contributed by atoms with Crippen molar-refractivity contribution in [1.29, 1.82) is 0 Å². The maximum Gasteiger partial charge on any atom is 0.0681 e. The number of unbranched alkanes of at least 4 members (excludes halogenated alkanes) is 1. The van der Waals surface area contributed by atoms with Crippen molar-refractivity contribution in [2.45, 2.75) is 26.4 Å². The summed E-state index contributed by atoms with van der Waals surface area (Å²) in [5.74, 6) is 0. The molecule has 1 aromatic rings. The van der Waals surface area contributed by atoms with Crippen molar-refractivity contribution in [3.8, 4) is 0 Å². The number of aliphatic hydroxyl groups is 1. The molecule has 13 heavy (non-hydrogen) atoms. The lowest BCUT2D eigenvalue weighted by atomic mass is 10.2. The molecular weight excluding hydrogens is 162 g/mol. The molecule has 2 heteroatoms. The van der Waals surface area contributed by atoms with E-state index in [-0.39, 0.29) is 6.61 Å². The number of benzene rings is 1. The first-order valence-electron chi connectivity index (χ1n) is 4.70. The summed E-state index contributed by atoms with van der Waals surface area (Å²) in [4.78, 5) is 0. The number of hydrogen-bond acceptors (Lipinski definition) is 2. The lowest BCUT2D eigenvalue weighted by Crippen LogP contribution is -1.95. The van der Waals surface area contributed by atoms with Crippen LogP contribution >= 0.6 is 0 Å². The molecule has 2 nitrogen and oxygen atoms in total. The molecule has 0 fully saturated rings. The van der Waals surface area contributed by atoms with Gasteiger partial charge in [0.2, 0.25) is 0 Å². The van der Waals surface area contributed by atoms with E-state index in [1.165, 1.54) is 12.8 Å². The molecule has 1 aromatic carbocycles. The molecular formula is C11H19NO. The topological polar surface area (TPSA) is 46.2 Å². The Balaban J connectivity index is 0.000000252. The molecule has 0 saturated carbocycles. The first-order chi connectivity index (χ1) is 6.35. The third kappa shape index (κ3) is 7.50. The van der Waals surface area contributed by atoms with Crippen LogP contribution in [0.3, 0.4) is 0 Å². The van der Waals surface area contributed by atoms with Crippen molar-refractivity contribution in [3.63, 3.8) is 0 Å². The molecule has 0 atom stereocenters. The molecule has 0 spiro atoms. The van der Waals surface area contributed by atoms with Crippen LogP contribution in [-0.2, 0) is 6.61 Å². The average molecular weight is 181 g/mol. The summed E-state index contributed by atoms with van der Waals surface area (Å²) >= 11 is 0. The van der Waals surface area contributed by atoms with Crippen molar-refractivity contribution in [2.24, 2.45) is 5.73 Å². The highest BCUT2D eigenvalue weighted by Gasteiger charge is 1.81. The van der Waals surface area contributed by atoms with E-state index in [1.807, 2.05) is 30.3 Å². The first-order valence-corrected chi connectivity index (χ1v) is 4.70. The van der Waals surface area contributed by atoms with Crippen molar-refractivity contribution < 1.29 is 5.11 Å². The van der Waals surface area contributed by atoms with E-state index < -0.39 is 0 Å². The Labute approximate surface area is 80.4 Å². The number of aliphatic hydroxyl groups excluding tert-OH is 1. The number of hydrogen-bond donors (Lipinski definition) is 2. The molecule has 0 aliphatic carbocycles. The maximum absolute atomic E-state index is 8.54. The summed E-state index contributed by atoms with van der Waals surface area (Å²) in [6, 6.07) is 9.52. The van der Waals surface area contributed by atoms with E-state index in [2.05, 4.69) is 6.92 Å². The molecule has 0 radical (unpaired) electrons. The first kappa shape index (κ1) is 12.1. The zero-order valence-electron chi connectivity index (χ0n) is 8.24. The molecule has 1 rings (SSSR count). The standard InChI is InChI=1S/C7H8O.C4H11N/c8-6-7-4-2-1-3-5-7;1-2-3-4-5/h1-5,8H,6H2;2-5H2,1H3. The zero-order chi connectivity index (χ0) is 9.94. The van der Waals surface area contributed by atoms with Crippen LogP contribution in [0, 0.1) is 0 Å². The summed E-state index contributed by atoms with van der Waals surface area (Å²) in [6.07, 6.45) is 2.39. The minimum absolute atomic E-state index is 0.140. The van der Waals surface area contributed by atoms with Crippen LogP contribution in [0.25, 0.3) is 0 Å². The van der Waals surface area contributed by atoms with E-state index >= 15 is 0 Å². The van der Waals surface area contributed by atoms with Crippen LogP contribution in [0.4, 0.5) is 0 Å². The van der Waals surface area contributed by atoms with Gasteiger partial charge in [0.1, 0.15) is 0 Å². The van der Waals surface area contributed by atoms with Crippen molar-refractivity contribution in [2.75, 3.05) is 6.54 Å². The van der Waals surface area contributed by atoms with Gasteiger partial charge in [0.25, 0.3) is 0 Å². The molecule has 0 aliphatic heterocycles. The summed E-state index contributed by atoms with van der Waals surface area (Å²) in [5, 5.41) is 8.54. The normalized spacial score (nSPS) is 8.85. The summed E-state index contributed by atoms with van der Waals surface area (Å²) in [6.45, 7) is 3.12. The minimum atomic E-state index is 0.140. The van der Waals surface area contributed by atoms with Gasteiger partial charge in [-0.3, -0.25) is 0 Å². The van der Waals surface area contributed by atoms with Gasteiger partial charge in [0, 0.05) is 0 Å². The van der Waals surface area contributed by atoms with Gasteiger partial charge in [-0.05, 0) is 18.5 Å². The Morgan fingerprint density at radius 1 is 1.23 bits per heavy atom. The Hall–Kier alpha value is -0.860. The van der Waals surface area contributed by atoms with Crippen molar-refractivity contribution in [3.05, 3.63) is 35.9 Å². The second kappa shape index (κ2) is 9.23. The fourth-order valence-corrected chi connectivity index (χ4v) is 0.788. The van der Waals surface area contributed by atoms with E-state index in [0.717, 1.165) is 12.1 Å². The summed E-state index contributed by atoms with van der Waals surface area (Å²) in [5.41, 5.74) is 6.10. The molecule has 3 N–H and O–H groups in total. The predicted molar refractivity (Wildman–Crippen MR) is 56.3 cm³/mol. The predicted octanol–water partition coefficient (Wildman–Crippen LogP) is 1.92. The highest BCUT2D eigenvalue weighted by Crippen LogP contribution is 1.95. The molecule has 0 aromatic heterocycles. The van der Waals surface area contributed by atoms with E-state index in [0.29, 0.717) is 0 Å². The smallest absolute Gasteiger partial charge is 0.0681 e. The van der Waals surface area contributed by atoms with Gasteiger partial charge in [-0.2, -0.15) is 0 Å². The van der Waals surface area contributed by atoms with Gasteiger partial charge in [-0.25, -0.2) is 0 Å². The van der Waals surface area contributed by atoms with E-state index in [1.54, 1.807) is 0 Å². The second-order valence-electron chi connectivity index (χ2n) is 2.79. The monoisotopic (exact) mass is 181 g/mol. The van der Waals surface area contributed by atoms with Crippen LogP contribution in [-0.4, -0.2) is 11.7 Å². The average Bonchev–Trinajstić information content (AvgIpc) is 2.21. The molecule has 0 heterocycles. The summed E-state index contributed by atoms with van der Waals surface area (Å²) in [7, 11) is 0. The number of rotatable bonds is 3. The third-order valence-corrected chi connectivity index (χ3v) is 1.58. The van der Waals surface area contributed by atoms with Crippen LogP contribution in [0.15, 0.2) is 30.3 Å². The third-order valence-electron chi connectivity index (χ3n) is 1.58. The zero-order valence-corrected chi connectivity index (χ0v) is 8.24. The SMILES string of the molecule is CCCCN.OCc1ccccc1. The fourth-order valence-electron chi connectivity index (χ4n) is 0.788. The highest BCUT2D eigenvalue weighted by molar-refractivity contribution is 5.12. The largest absolute Gasteiger partial charge is 0.392 e. The summed E-state index contributed by atoms with van der Waals surface area (Å²) < 4.78 is 0. The van der Waals surface area contributed by atoms with Crippen LogP contribution in [0.1, 0.15) is 25.3 Å². The second-order valence-corrected chi connectivity index (χ2v) is 2.79. The van der Waals surface area contributed by atoms with Crippen LogP contribution in [0.2, 0.25) is 0 Å². The highest BCUT2D eigenvalue weighted by atomic mass is 16.3. The van der Waals surface area contributed by atoms with Crippen LogP contribution < -0.4 is 5.73 Å². The lowest BCUT2D eigenvalue weighted by molar-refractivity contribution is 0.282. The Morgan fingerprint density at radius 3 is 2.08 bits per heavy atom. The molecule has 0 amide bonds. The molecule has 0 bridgehead atoms. The maximum atomic E-state index is 8.54. The Bertz CT molecular complexity index is 185. The molecule has 0 unspecified atom stereocenters. The lowest BCUT2D eigenvalue weighted by Gasteiger charge is -1.89. The Kier molecular flexibility index (Phi) is 8.62. The van der Waals surface area contributed by atoms with Crippen molar-refractivity contribution >= 4 is 0 Å². The van der Waals surface area contributed by atoms with Crippen molar-refractivity contribution in [1.82, 2.24) is 0 Å². The molecule has 74 valence electrons. The number of nitrogens with two attached hydrogens (primary N) is 1. The van der Waals surface area contributed by atoms with Gasteiger partial charge in [-0.15, -0.1) is 0 Å². The quantitative estimate of drug-likeness (QED) is 0.748. The van der Waals surface area contributed by atoms with Gasteiger partial charge in [0.05, 0.1) is 6.61 Å². The van der Waals surface area contributed by atoms with Gasteiger partial charge >= 0.3 is 0 Å². The minimum Gasteiger partial charge on any atom is -0.392 e. The molecule has 0 aliphatic rings. The van der Waals surface area contributed by atoms with E-state index in [4.69, 9.17) is 10.8 Å². The van der Waals surface area contributed by atoms with E-state index in [9.17, 15) is 0 Å². The van der Waals surface area contributed by atoms with Gasteiger partial charge in [0.15, 0.2) is 0 Å².